The van der Waals surface area contributed by atoms with Gasteiger partial charge in [0.15, 0.2) is 0 Å². The van der Waals surface area contributed by atoms with Gasteiger partial charge in [-0.25, -0.2) is 0 Å². The number of aromatic nitrogens is 1. The number of rotatable bonds is 5. The van der Waals surface area contributed by atoms with E-state index in [1.165, 1.54) is 0 Å². The zero-order valence-electron chi connectivity index (χ0n) is 14.9. The molecule has 0 aliphatic carbocycles. The summed E-state index contributed by atoms with van der Waals surface area (Å²) in [6.45, 7) is 2.60. The quantitative estimate of drug-likeness (QED) is 0.742. The number of nitrogens with zero attached hydrogens (tertiary/aromatic N) is 1. The van der Waals surface area contributed by atoms with Crippen LogP contribution in [0.15, 0.2) is 54.7 Å². The fourth-order valence-corrected chi connectivity index (χ4v) is 3.64. The first-order valence-corrected chi connectivity index (χ1v) is 8.98. The number of carbonyl (C=O) groups is 1. The molecule has 1 fully saturated rings. The average molecular weight is 349 g/mol. The average Bonchev–Trinajstić information content (AvgIpc) is 3.34. The Kier molecular flexibility index (Phi) is 4.52. The number of para-hydroxylation sites is 2. The largest absolute Gasteiger partial charge is 0.495 e. The van der Waals surface area contributed by atoms with Gasteiger partial charge < -0.3 is 19.9 Å². The number of benzene rings is 2. The van der Waals surface area contributed by atoms with Crippen molar-refractivity contribution in [2.75, 3.05) is 31.6 Å². The summed E-state index contributed by atoms with van der Waals surface area (Å²) in [6.07, 6.45) is 2.95. The third kappa shape index (κ3) is 3.25. The summed E-state index contributed by atoms with van der Waals surface area (Å²) in [5, 5.41) is 4.20. The standard InChI is InChI=1S/C21H23N3O2/c1-26-20-5-3-2-4-19(20)24-11-9-15(14-24)13-23-21(25)17-7-6-16-8-10-22-18(16)12-17/h2-8,10,12,15,22H,9,11,13-14H2,1H3,(H,23,25). The molecule has 0 spiro atoms. The number of H-pyrrole nitrogens is 1. The van der Waals surface area contributed by atoms with Crippen LogP contribution in [0.3, 0.4) is 0 Å². The molecule has 1 atom stereocenters. The maximum absolute atomic E-state index is 12.5. The molecule has 3 aromatic rings. The Morgan fingerprint density at radius 2 is 2.15 bits per heavy atom. The van der Waals surface area contributed by atoms with Gasteiger partial charge in [0.1, 0.15) is 5.75 Å². The molecule has 26 heavy (non-hydrogen) atoms. The van der Waals surface area contributed by atoms with Gasteiger partial charge in [0.2, 0.25) is 0 Å². The number of nitrogens with one attached hydrogen (secondary N) is 2. The van der Waals surface area contributed by atoms with Crippen molar-refractivity contribution in [1.29, 1.82) is 0 Å². The molecule has 134 valence electrons. The molecule has 5 heteroatoms. The minimum atomic E-state index is -0.0164. The predicted octanol–water partition coefficient (Wildman–Crippen LogP) is 3.43. The van der Waals surface area contributed by atoms with Crippen LogP contribution < -0.4 is 15.0 Å². The van der Waals surface area contributed by atoms with Crippen molar-refractivity contribution in [1.82, 2.24) is 10.3 Å². The third-order valence-electron chi connectivity index (χ3n) is 5.08. The summed E-state index contributed by atoms with van der Waals surface area (Å²) < 4.78 is 5.46. The van der Waals surface area contributed by atoms with E-state index in [0.717, 1.165) is 41.9 Å². The van der Waals surface area contributed by atoms with Crippen LogP contribution in [0.4, 0.5) is 5.69 Å². The summed E-state index contributed by atoms with van der Waals surface area (Å²) in [6, 6.07) is 15.8. The minimum absolute atomic E-state index is 0.0164. The van der Waals surface area contributed by atoms with E-state index in [-0.39, 0.29) is 5.91 Å². The van der Waals surface area contributed by atoms with Crippen LogP contribution in [0, 0.1) is 5.92 Å². The minimum Gasteiger partial charge on any atom is -0.495 e. The van der Waals surface area contributed by atoms with Crippen molar-refractivity contribution in [3.63, 3.8) is 0 Å². The second kappa shape index (κ2) is 7.12. The summed E-state index contributed by atoms with van der Waals surface area (Å²) in [4.78, 5) is 17.9. The second-order valence-electron chi connectivity index (χ2n) is 6.76. The van der Waals surface area contributed by atoms with Gasteiger partial charge in [-0.2, -0.15) is 0 Å². The Balaban J connectivity index is 1.36. The smallest absolute Gasteiger partial charge is 0.251 e. The van der Waals surface area contributed by atoms with Crippen LogP contribution >= 0.6 is 0 Å². The Morgan fingerprint density at radius 3 is 3.04 bits per heavy atom. The number of hydrogen-bond acceptors (Lipinski definition) is 3. The molecule has 5 nitrogen and oxygen atoms in total. The number of aromatic amines is 1. The van der Waals surface area contributed by atoms with E-state index < -0.39 is 0 Å². The molecule has 2 aromatic carbocycles. The highest BCUT2D eigenvalue weighted by Crippen LogP contribution is 2.31. The van der Waals surface area contributed by atoms with Gasteiger partial charge in [-0.15, -0.1) is 0 Å². The van der Waals surface area contributed by atoms with Crippen molar-refractivity contribution in [3.8, 4) is 5.75 Å². The SMILES string of the molecule is COc1ccccc1N1CCC(CNC(=O)c2ccc3cc[nH]c3c2)C1. The highest BCUT2D eigenvalue weighted by Gasteiger charge is 2.25. The Hall–Kier alpha value is -2.95. The first kappa shape index (κ1) is 16.5. The van der Waals surface area contributed by atoms with Gasteiger partial charge in [-0.3, -0.25) is 4.79 Å². The van der Waals surface area contributed by atoms with Crippen LogP contribution in [0.1, 0.15) is 16.8 Å². The lowest BCUT2D eigenvalue weighted by Gasteiger charge is -2.21. The number of amides is 1. The van der Waals surface area contributed by atoms with E-state index >= 15 is 0 Å². The number of carbonyl (C=O) groups excluding carboxylic acids is 1. The molecule has 2 N–H and O–H groups in total. The van der Waals surface area contributed by atoms with Crippen molar-refractivity contribution >= 4 is 22.5 Å². The normalized spacial score (nSPS) is 16.8. The summed E-state index contributed by atoms with van der Waals surface area (Å²) in [7, 11) is 1.70. The molecule has 1 unspecified atom stereocenters. The van der Waals surface area contributed by atoms with E-state index in [1.807, 2.05) is 48.7 Å². The lowest BCUT2D eigenvalue weighted by molar-refractivity contribution is 0.0948. The van der Waals surface area contributed by atoms with Crippen LogP contribution in [0.5, 0.6) is 5.75 Å². The second-order valence-corrected chi connectivity index (χ2v) is 6.76. The van der Waals surface area contributed by atoms with Crippen molar-refractivity contribution in [2.45, 2.75) is 6.42 Å². The maximum atomic E-state index is 12.5. The Morgan fingerprint density at radius 1 is 1.27 bits per heavy atom. The molecule has 1 aromatic heterocycles. The molecule has 1 aliphatic rings. The van der Waals surface area contributed by atoms with Crippen molar-refractivity contribution in [3.05, 3.63) is 60.3 Å². The van der Waals surface area contributed by atoms with Crippen LogP contribution in [0.2, 0.25) is 0 Å². The lowest BCUT2D eigenvalue weighted by atomic mass is 10.1. The van der Waals surface area contributed by atoms with E-state index in [1.54, 1.807) is 7.11 Å². The molecule has 0 bridgehead atoms. The van der Waals surface area contributed by atoms with Gasteiger partial charge in [0, 0.05) is 36.9 Å². The lowest BCUT2D eigenvalue weighted by Crippen LogP contribution is -2.31. The zero-order valence-corrected chi connectivity index (χ0v) is 14.9. The first-order valence-electron chi connectivity index (χ1n) is 8.98. The van der Waals surface area contributed by atoms with E-state index in [0.29, 0.717) is 18.0 Å². The third-order valence-corrected chi connectivity index (χ3v) is 5.08. The molecule has 1 aliphatic heterocycles. The molecule has 2 heterocycles. The molecule has 1 saturated heterocycles. The van der Waals surface area contributed by atoms with Gasteiger partial charge in [0.05, 0.1) is 12.8 Å². The van der Waals surface area contributed by atoms with Crippen LogP contribution in [0.25, 0.3) is 10.9 Å². The number of methoxy groups -OCH3 is 1. The fraction of sp³-hybridized carbons (Fsp3) is 0.286. The first-order chi connectivity index (χ1) is 12.7. The molecule has 0 radical (unpaired) electrons. The number of anilines is 1. The molecular weight excluding hydrogens is 326 g/mol. The van der Waals surface area contributed by atoms with Crippen molar-refractivity contribution in [2.24, 2.45) is 5.92 Å². The topological polar surface area (TPSA) is 57.4 Å². The van der Waals surface area contributed by atoms with Gasteiger partial charge in [-0.05, 0) is 48.1 Å². The highest BCUT2D eigenvalue weighted by molar-refractivity contribution is 5.97. The number of fused-ring (bicyclic) bond motifs is 1. The van der Waals surface area contributed by atoms with E-state index in [2.05, 4.69) is 21.3 Å². The van der Waals surface area contributed by atoms with Gasteiger partial charge in [-0.1, -0.05) is 18.2 Å². The fourth-order valence-electron chi connectivity index (χ4n) is 3.64. The molecule has 1 amide bonds. The highest BCUT2D eigenvalue weighted by atomic mass is 16.5. The monoisotopic (exact) mass is 349 g/mol. The van der Waals surface area contributed by atoms with Gasteiger partial charge >= 0.3 is 0 Å². The van der Waals surface area contributed by atoms with Gasteiger partial charge in [0.25, 0.3) is 5.91 Å². The maximum Gasteiger partial charge on any atom is 0.251 e. The van der Waals surface area contributed by atoms with E-state index in [9.17, 15) is 4.79 Å². The summed E-state index contributed by atoms with van der Waals surface area (Å²) in [5.41, 5.74) is 2.81. The van der Waals surface area contributed by atoms with Crippen molar-refractivity contribution < 1.29 is 9.53 Å². The number of hydrogen-bond donors (Lipinski definition) is 2. The van der Waals surface area contributed by atoms with E-state index in [4.69, 9.17) is 4.74 Å². The summed E-state index contributed by atoms with van der Waals surface area (Å²) in [5.74, 6) is 1.33. The predicted molar refractivity (Wildman–Crippen MR) is 104 cm³/mol. The number of ether oxygens (including phenoxy) is 1. The molecular formula is C21H23N3O2. The summed E-state index contributed by atoms with van der Waals surface area (Å²) >= 11 is 0. The van der Waals surface area contributed by atoms with Crippen LogP contribution in [-0.2, 0) is 0 Å². The molecule has 4 rings (SSSR count). The zero-order chi connectivity index (χ0) is 17.9. The molecule has 0 saturated carbocycles. The van der Waals surface area contributed by atoms with Crippen LogP contribution in [-0.4, -0.2) is 37.6 Å². The Labute approximate surface area is 153 Å². The Bertz CT molecular complexity index is 918.